The molecule has 0 aromatic heterocycles. The van der Waals surface area contributed by atoms with Crippen LogP contribution in [0.4, 0.5) is 11.4 Å². The Morgan fingerprint density at radius 1 is 1.48 bits per heavy atom. The number of piperidine rings is 1. The molecule has 3 N–H and O–H groups in total. The first kappa shape index (κ1) is 16.1. The third-order valence-corrected chi connectivity index (χ3v) is 4.24. The summed E-state index contributed by atoms with van der Waals surface area (Å²) < 4.78 is 5.35. The normalized spacial score (nSPS) is 18.4. The number of likely N-dealkylation sites (tertiary alicyclic amines) is 1. The van der Waals surface area contributed by atoms with Gasteiger partial charge in [-0.15, -0.1) is 0 Å². The van der Waals surface area contributed by atoms with E-state index in [1.165, 1.54) is 0 Å². The predicted octanol–water partition coefficient (Wildman–Crippen LogP) is 2.36. The number of amides is 1. The summed E-state index contributed by atoms with van der Waals surface area (Å²) in [5, 5.41) is 3.42. The highest BCUT2D eigenvalue weighted by molar-refractivity contribution is 6.31. The van der Waals surface area contributed by atoms with Crippen LogP contribution in [0, 0.1) is 0 Å². The van der Waals surface area contributed by atoms with E-state index in [2.05, 4.69) is 10.2 Å². The maximum Gasteiger partial charge on any atom is 0.241 e. The van der Waals surface area contributed by atoms with Crippen LogP contribution in [-0.2, 0) is 9.53 Å². The standard InChI is InChI=1S/C15H22ClN3O2/c1-10(19-7-5-12(21-2)6-8-19)15(20)18-14-4-3-11(16)9-13(14)17/h3-4,9-10,12H,5-8,17H2,1-2H3,(H,18,20). The van der Waals surface area contributed by atoms with Crippen LogP contribution in [0.15, 0.2) is 18.2 Å². The van der Waals surface area contributed by atoms with E-state index >= 15 is 0 Å². The Balaban J connectivity index is 1.93. The summed E-state index contributed by atoms with van der Waals surface area (Å²) in [6.45, 7) is 3.64. The van der Waals surface area contributed by atoms with E-state index in [1.54, 1.807) is 25.3 Å². The zero-order valence-electron chi connectivity index (χ0n) is 12.4. The lowest BCUT2D eigenvalue weighted by Gasteiger charge is -2.34. The number of ether oxygens (including phenoxy) is 1. The van der Waals surface area contributed by atoms with Crippen molar-refractivity contribution in [3.8, 4) is 0 Å². The van der Waals surface area contributed by atoms with Crippen molar-refractivity contribution in [3.63, 3.8) is 0 Å². The van der Waals surface area contributed by atoms with Crippen LogP contribution in [0.25, 0.3) is 0 Å². The second-order valence-electron chi connectivity index (χ2n) is 5.37. The molecule has 1 amide bonds. The molecular weight excluding hydrogens is 290 g/mol. The molecule has 116 valence electrons. The summed E-state index contributed by atoms with van der Waals surface area (Å²) in [6, 6.07) is 4.87. The number of benzene rings is 1. The minimum atomic E-state index is -0.196. The average molecular weight is 312 g/mol. The minimum Gasteiger partial charge on any atom is -0.397 e. The Hall–Kier alpha value is -1.30. The number of nitrogen functional groups attached to an aromatic ring is 1. The van der Waals surface area contributed by atoms with Gasteiger partial charge in [0.1, 0.15) is 0 Å². The molecule has 0 radical (unpaired) electrons. The van der Waals surface area contributed by atoms with E-state index < -0.39 is 0 Å². The fraction of sp³-hybridized carbons (Fsp3) is 0.533. The molecule has 0 saturated carbocycles. The molecular formula is C15H22ClN3O2. The molecule has 1 heterocycles. The molecule has 5 nitrogen and oxygen atoms in total. The second kappa shape index (κ2) is 7.11. The first-order valence-corrected chi connectivity index (χ1v) is 7.51. The molecule has 6 heteroatoms. The van der Waals surface area contributed by atoms with E-state index in [0.717, 1.165) is 25.9 Å². The molecule has 21 heavy (non-hydrogen) atoms. The van der Waals surface area contributed by atoms with Gasteiger partial charge in [-0.05, 0) is 38.0 Å². The number of rotatable bonds is 4. The van der Waals surface area contributed by atoms with Crippen molar-refractivity contribution >= 4 is 28.9 Å². The Bertz CT molecular complexity index is 502. The molecule has 0 bridgehead atoms. The SMILES string of the molecule is COC1CCN(C(C)C(=O)Nc2ccc(Cl)cc2N)CC1. The molecule has 1 aromatic rings. The van der Waals surface area contributed by atoms with Gasteiger partial charge in [-0.25, -0.2) is 0 Å². The molecule has 0 spiro atoms. The zero-order chi connectivity index (χ0) is 15.4. The van der Waals surface area contributed by atoms with Crippen LogP contribution < -0.4 is 11.1 Å². The number of methoxy groups -OCH3 is 1. The quantitative estimate of drug-likeness (QED) is 0.838. The maximum absolute atomic E-state index is 12.3. The molecule has 1 fully saturated rings. The third kappa shape index (κ3) is 4.09. The summed E-state index contributed by atoms with van der Waals surface area (Å²) in [7, 11) is 1.74. The van der Waals surface area contributed by atoms with Gasteiger partial charge in [0, 0.05) is 25.2 Å². The molecule has 1 unspecified atom stereocenters. The molecule has 1 aromatic carbocycles. The monoisotopic (exact) mass is 311 g/mol. The Morgan fingerprint density at radius 2 is 2.14 bits per heavy atom. The van der Waals surface area contributed by atoms with Gasteiger partial charge < -0.3 is 15.8 Å². The number of carbonyl (C=O) groups is 1. The topological polar surface area (TPSA) is 67.6 Å². The highest BCUT2D eigenvalue weighted by Crippen LogP contribution is 2.23. The smallest absolute Gasteiger partial charge is 0.241 e. The molecule has 1 atom stereocenters. The number of halogens is 1. The van der Waals surface area contributed by atoms with E-state index in [9.17, 15) is 4.79 Å². The van der Waals surface area contributed by atoms with Crippen molar-refractivity contribution in [2.75, 3.05) is 31.2 Å². The summed E-state index contributed by atoms with van der Waals surface area (Å²) in [6.07, 6.45) is 2.22. The van der Waals surface area contributed by atoms with Gasteiger partial charge in [0.15, 0.2) is 0 Å². The number of hydrogen-bond acceptors (Lipinski definition) is 4. The zero-order valence-corrected chi connectivity index (χ0v) is 13.2. The van der Waals surface area contributed by atoms with Crippen molar-refractivity contribution in [1.29, 1.82) is 0 Å². The Kier molecular flexibility index (Phi) is 5.45. The predicted molar refractivity (Wildman–Crippen MR) is 85.6 cm³/mol. The molecule has 1 aliphatic rings. The number of nitrogens with two attached hydrogens (primary N) is 1. The van der Waals surface area contributed by atoms with E-state index in [-0.39, 0.29) is 11.9 Å². The third-order valence-electron chi connectivity index (χ3n) is 4.01. The van der Waals surface area contributed by atoms with Crippen LogP contribution in [0.3, 0.4) is 0 Å². The van der Waals surface area contributed by atoms with Crippen LogP contribution in [-0.4, -0.2) is 43.2 Å². The first-order valence-electron chi connectivity index (χ1n) is 7.14. The van der Waals surface area contributed by atoms with Gasteiger partial charge in [-0.3, -0.25) is 9.69 Å². The summed E-state index contributed by atoms with van der Waals surface area (Å²) in [4.78, 5) is 14.5. The first-order chi connectivity index (χ1) is 10.0. The average Bonchev–Trinajstić information content (AvgIpc) is 2.49. The largest absolute Gasteiger partial charge is 0.397 e. The van der Waals surface area contributed by atoms with Crippen LogP contribution >= 0.6 is 11.6 Å². The molecule has 1 saturated heterocycles. The highest BCUT2D eigenvalue weighted by Gasteiger charge is 2.26. The fourth-order valence-electron chi connectivity index (χ4n) is 2.55. The van der Waals surface area contributed by atoms with Crippen molar-refractivity contribution < 1.29 is 9.53 Å². The van der Waals surface area contributed by atoms with Crippen molar-refractivity contribution in [1.82, 2.24) is 4.90 Å². The van der Waals surface area contributed by atoms with E-state index in [4.69, 9.17) is 22.1 Å². The number of carbonyl (C=O) groups excluding carboxylic acids is 1. The summed E-state index contributed by atoms with van der Waals surface area (Å²) in [5.41, 5.74) is 6.93. The molecule has 0 aliphatic carbocycles. The maximum atomic E-state index is 12.3. The lowest BCUT2D eigenvalue weighted by Crippen LogP contribution is -2.47. The van der Waals surface area contributed by atoms with Gasteiger partial charge in [-0.1, -0.05) is 11.6 Å². The number of nitrogens with zero attached hydrogens (tertiary/aromatic N) is 1. The van der Waals surface area contributed by atoms with Crippen LogP contribution in [0.5, 0.6) is 0 Å². The van der Waals surface area contributed by atoms with Gasteiger partial charge in [-0.2, -0.15) is 0 Å². The van der Waals surface area contributed by atoms with Gasteiger partial charge >= 0.3 is 0 Å². The van der Waals surface area contributed by atoms with Crippen molar-refractivity contribution in [3.05, 3.63) is 23.2 Å². The van der Waals surface area contributed by atoms with Crippen LogP contribution in [0.1, 0.15) is 19.8 Å². The number of hydrogen-bond donors (Lipinski definition) is 2. The Morgan fingerprint density at radius 3 is 2.71 bits per heavy atom. The van der Waals surface area contributed by atoms with Gasteiger partial charge in [0.2, 0.25) is 5.91 Å². The van der Waals surface area contributed by atoms with Gasteiger partial charge in [0.05, 0.1) is 23.5 Å². The minimum absolute atomic E-state index is 0.0557. The van der Waals surface area contributed by atoms with Crippen LogP contribution in [0.2, 0.25) is 5.02 Å². The second-order valence-corrected chi connectivity index (χ2v) is 5.80. The van der Waals surface area contributed by atoms with Crippen molar-refractivity contribution in [2.24, 2.45) is 0 Å². The molecule has 2 rings (SSSR count). The van der Waals surface area contributed by atoms with Gasteiger partial charge in [0.25, 0.3) is 0 Å². The summed E-state index contributed by atoms with van der Waals surface area (Å²) >= 11 is 5.85. The van der Waals surface area contributed by atoms with E-state index in [1.807, 2.05) is 6.92 Å². The van der Waals surface area contributed by atoms with E-state index in [0.29, 0.717) is 22.5 Å². The Labute approximate surface area is 130 Å². The lowest BCUT2D eigenvalue weighted by atomic mass is 10.1. The fourth-order valence-corrected chi connectivity index (χ4v) is 2.73. The molecule has 1 aliphatic heterocycles. The lowest BCUT2D eigenvalue weighted by molar-refractivity contribution is -0.121. The summed E-state index contributed by atoms with van der Waals surface area (Å²) in [5.74, 6) is -0.0557. The number of anilines is 2. The highest BCUT2D eigenvalue weighted by atomic mass is 35.5. The number of nitrogens with one attached hydrogen (secondary N) is 1. The van der Waals surface area contributed by atoms with Crippen molar-refractivity contribution in [2.45, 2.75) is 31.9 Å².